The van der Waals surface area contributed by atoms with E-state index in [-0.39, 0.29) is 24.7 Å². The van der Waals surface area contributed by atoms with Crippen LogP contribution in [0.5, 0.6) is 0 Å². The minimum absolute atomic E-state index is 0.0134. The van der Waals surface area contributed by atoms with Crippen molar-refractivity contribution in [3.05, 3.63) is 58.4 Å². The fraction of sp³-hybridized carbons (Fsp3) is 0.316. The number of hydrogen-bond acceptors (Lipinski definition) is 5. The van der Waals surface area contributed by atoms with E-state index < -0.39 is 46.7 Å². The smallest absolute Gasteiger partial charge is 0.386 e. The van der Waals surface area contributed by atoms with Gasteiger partial charge in [-0.3, -0.25) is 9.79 Å². The molecule has 1 aromatic carbocycles. The van der Waals surface area contributed by atoms with E-state index in [1.54, 1.807) is 0 Å². The zero-order valence-corrected chi connectivity index (χ0v) is 16.5. The van der Waals surface area contributed by atoms with Gasteiger partial charge < -0.3 is 15.8 Å². The first kappa shape index (κ1) is 22.9. The molecule has 0 bridgehead atoms. The van der Waals surface area contributed by atoms with Gasteiger partial charge in [-0.25, -0.2) is 13.8 Å². The van der Waals surface area contributed by atoms with Gasteiger partial charge in [0.15, 0.2) is 0 Å². The third kappa shape index (κ3) is 5.28. The van der Waals surface area contributed by atoms with Crippen molar-refractivity contribution >= 4 is 29.0 Å². The molecule has 6 nitrogen and oxygen atoms in total. The number of amidine groups is 1. The average molecular weight is 463 g/mol. The summed E-state index contributed by atoms with van der Waals surface area (Å²) in [4.78, 5) is 20.1. The maximum Gasteiger partial charge on any atom is 0.417 e. The zero-order valence-electron chi connectivity index (χ0n) is 15.7. The summed E-state index contributed by atoms with van der Waals surface area (Å²) in [5.74, 6) is -0.816. The first-order valence-electron chi connectivity index (χ1n) is 8.85. The Bertz CT molecular complexity index is 1020. The second-order valence-electron chi connectivity index (χ2n) is 6.81. The number of nitrogens with two attached hydrogens (primary N) is 1. The number of rotatable bonds is 5. The van der Waals surface area contributed by atoms with Gasteiger partial charge in [0.25, 0.3) is 5.91 Å². The minimum atomic E-state index is -4.66. The summed E-state index contributed by atoms with van der Waals surface area (Å²) < 4.78 is 70.0. The molecule has 1 atom stereocenters. The van der Waals surface area contributed by atoms with Crippen molar-refractivity contribution in [1.82, 2.24) is 4.98 Å². The van der Waals surface area contributed by atoms with Crippen molar-refractivity contribution in [3.63, 3.8) is 0 Å². The largest absolute Gasteiger partial charge is 0.417 e. The number of hydrogen-bond donors (Lipinski definition) is 2. The van der Waals surface area contributed by atoms with Crippen LogP contribution in [-0.2, 0) is 16.5 Å². The molecule has 1 amide bonds. The van der Waals surface area contributed by atoms with Crippen LogP contribution in [0.2, 0.25) is 5.02 Å². The molecule has 166 valence electrons. The summed E-state index contributed by atoms with van der Waals surface area (Å²) in [6.07, 6.45) is -7.53. The van der Waals surface area contributed by atoms with Crippen molar-refractivity contribution in [2.75, 3.05) is 18.5 Å². The molecule has 12 heteroatoms. The first-order chi connectivity index (χ1) is 14.5. The normalized spacial score (nSPS) is 19.3. The number of pyridine rings is 1. The van der Waals surface area contributed by atoms with Crippen LogP contribution >= 0.6 is 11.6 Å². The third-order valence-electron chi connectivity index (χ3n) is 4.48. The van der Waals surface area contributed by atoms with Crippen LogP contribution in [0.15, 0.2) is 41.5 Å². The lowest BCUT2D eigenvalue weighted by molar-refractivity contribution is -0.137. The van der Waals surface area contributed by atoms with Crippen LogP contribution in [0.1, 0.15) is 28.0 Å². The molecule has 1 aliphatic heterocycles. The van der Waals surface area contributed by atoms with Gasteiger partial charge in [0.2, 0.25) is 6.43 Å². The molecule has 0 saturated carbocycles. The molecule has 0 spiro atoms. The van der Waals surface area contributed by atoms with Crippen LogP contribution in [-0.4, -0.2) is 36.4 Å². The van der Waals surface area contributed by atoms with E-state index in [0.717, 1.165) is 0 Å². The number of nitrogens with zero attached hydrogens (tertiary/aromatic N) is 2. The number of benzene rings is 1. The fourth-order valence-electron chi connectivity index (χ4n) is 3.13. The summed E-state index contributed by atoms with van der Waals surface area (Å²) in [6.45, 7) is -0.124. The van der Waals surface area contributed by atoms with Crippen molar-refractivity contribution in [2.24, 2.45) is 10.7 Å². The fourth-order valence-corrected chi connectivity index (χ4v) is 3.38. The van der Waals surface area contributed by atoms with Crippen molar-refractivity contribution < 1.29 is 31.5 Å². The van der Waals surface area contributed by atoms with Gasteiger partial charge in [-0.2, -0.15) is 13.2 Å². The molecule has 1 aromatic heterocycles. The Labute approximate surface area is 178 Å². The van der Waals surface area contributed by atoms with Gasteiger partial charge in [-0.15, -0.1) is 0 Å². The monoisotopic (exact) mass is 462 g/mol. The van der Waals surface area contributed by atoms with Gasteiger partial charge in [-0.1, -0.05) is 23.7 Å². The molecule has 1 unspecified atom stereocenters. The Morgan fingerprint density at radius 3 is 2.68 bits per heavy atom. The summed E-state index contributed by atoms with van der Waals surface area (Å²) >= 11 is 5.79. The Kier molecular flexibility index (Phi) is 6.46. The SMILES string of the molecule is NC1=NC(CC(F)F)(c2cccc(NC(=O)c3ncc(C(F)(F)F)cc3Cl)c2)COC1. The average Bonchev–Trinajstić information content (AvgIpc) is 2.66. The maximum atomic E-state index is 13.2. The number of amides is 1. The van der Waals surface area contributed by atoms with Crippen LogP contribution in [0.25, 0.3) is 0 Å². The van der Waals surface area contributed by atoms with E-state index in [0.29, 0.717) is 17.8 Å². The van der Waals surface area contributed by atoms with Crippen LogP contribution < -0.4 is 11.1 Å². The highest BCUT2D eigenvalue weighted by Gasteiger charge is 2.38. The van der Waals surface area contributed by atoms with E-state index in [2.05, 4.69) is 15.3 Å². The molecule has 31 heavy (non-hydrogen) atoms. The summed E-state index contributed by atoms with van der Waals surface area (Å²) in [6, 6.07) is 6.50. The van der Waals surface area contributed by atoms with Crippen LogP contribution in [0.3, 0.4) is 0 Å². The number of ether oxygens (including phenoxy) is 1. The molecular weight excluding hydrogens is 447 g/mol. The van der Waals surface area contributed by atoms with Crippen molar-refractivity contribution in [3.8, 4) is 0 Å². The standard InChI is InChI=1S/C19H16ClF5N4O2/c20-13-5-11(19(23,24)25)7-27-16(13)17(30)28-12-3-1-2-10(4-12)18(6-14(21)22)9-31-8-15(26)29-18/h1-5,7,14H,6,8-9H2,(H2,26,29)(H,28,30). The highest BCUT2D eigenvalue weighted by atomic mass is 35.5. The van der Waals surface area contributed by atoms with E-state index in [1.807, 2.05) is 0 Å². The number of carbonyl (C=O) groups is 1. The number of alkyl halides is 5. The summed E-state index contributed by atoms with van der Waals surface area (Å²) in [5, 5.41) is 1.95. The quantitative estimate of drug-likeness (QED) is 0.650. The van der Waals surface area contributed by atoms with Gasteiger partial charge in [-0.05, 0) is 23.8 Å². The summed E-state index contributed by atoms with van der Waals surface area (Å²) in [5.41, 5.74) is 3.21. The number of halogens is 6. The predicted molar refractivity (Wildman–Crippen MR) is 103 cm³/mol. The highest BCUT2D eigenvalue weighted by Crippen LogP contribution is 2.36. The Balaban J connectivity index is 1.88. The topological polar surface area (TPSA) is 89.6 Å². The molecule has 2 aromatic rings. The first-order valence-corrected chi connectivity index (χ1v) is 9.23. The van der Waals surface area contributed by atoms with Gasteiger partial charge in [0.05, 0.1) is 17.2 Å². The number of aliphatic imine (C=N–C) groups is 1. The van der Waals surface area contributed by atoms with Gasteiger partial charge in [0, 0.05) is 18.3 Å². The van der Waals surface area contributed by atoms with E-state index in [4.69, 9.17) is 22.1 Å². The molecule has 0 fully saturated rings. The van der Waals surface area contributed by atoms with Crippen molar-refractivity contribution in [2.45, 2.75) is 24.6 Å². The third-order valence-corrected chi connectivity index (χ3v) is 4.77. The molecule has 3 N–H and O–H groups in total. The Hall–Kier alpha value is -2.79. The maximum absolute atomic E-state index is 13.2. The predicted octanol–water partition coefficient (Wildman–Crippen LogP) is 4.24. The van der Waals surface area contributed by atoms with E-state index >= 15 is 0 Å². The molecule has 2 heterocycles. The molecule has 0 aliphatic carbocycles. The molecular formula is C19H16ClF5N4O2. The lowest BCUT2D eigenvalue weighted by atomic mass is 9.87. The molecule has 1 aliphatic rings. The van der Waals surface area contributed by atoms with Crippen LogP contribution in [0, 0.1) is 0 Å². The summed E-state index contributed by atoms with van der Waals surface area (Å²) in [7, 11) is 0. The highest BCUT2D eigenvalue weighted by molar-refractivity contribution is 6.34. The zero-order chi connectivity index (χ0) is 22.8. The molecule has 0 saturated heterocycles. The second kappa shape index (κ2) is 8.75. The van der Waals surface area contributed by atoms with E-state index in [1.165, 1.54) is 24.3 Å². The lowest BCUT2D eigenvalue weighted by Gasteiger charge is -2.33. The number of anilines is 1. The van der Waals surface area contributed by atoms with Gasteiger partial charge in [0.1, 0.15) is 23.7 Å². The van der Waals surface area contributed by atoms with E-state index in [9.17, 15) is 26.7 Å². The second-order valence-corrected chi connectivity index (χ2v) is 7.22. The number of nitrogens with one attached hydrogen (secondary N) is 1. The lowest BCUT2D eigenvalue weighted by Crippen LogP contribution is -2.41. The number of carbonyl (C=O) groups excluding carboxylic acids is 1. The molecule has 3 rings (SSSR count). The van der Waals surface area contributed by atoms with Crippen molar-refractivity contribution in [1.29, 1.82) is 0 Å². The minimum Gasteiger partial charge on any atom is -0.386 e. The Morgan fingerprint density at radius 2 is 2.06 bits per heavy atom. The van der Waals surface area contributed by atoms with Gasteiger partial charge >= 0.3 is 6.18 Å². The molecule has 0 radical (unpaired) electrons. The van der Waals surface area contributed by atoms with Crippen LogP contribution in [0.4, 0.5) is 27.6 Å². The number of aromatic nitrogens is 1. The Morgan fingerprint density at radius 1 is 1.32 bits per heavy atom.